The highest BCUT2D eigenvalue weighted by molar-refractivity contribution is 7.89. The van der Waals surface area contributed by atoms with Gasteiger partial charge in [-0.15, -0.1) is 0 Å². The van der Waals surface area contributed by atoms with Crippen molar-refractivity contribution in [2.75, 3.05) is 26.2 Å². The molecular formula is C20H31ClN3O3S+. The Balaban J connectivity index is 1.63. The Bertz CT molecular complexity index is 781. The van der Waals surface area contributed by atoms with E-state index in [1.807, 2.05) is 6.92 Å². The normalized spacial score (nSPS) is 26.2. The number of quaternary nitrogens is 1. The number of nitrogens with zero attached hydrogens (tertiary/aromatic N) is 2. The SMILES string of the molecule is C[C@@H]1CCC[C@H](C)N1C(=O)[C@@H](C)[NH+]1CCN(S(=O)(=O)c2ccc(Cl)cc2)CC1. The zero-order chi connectivity index (χ0) is 20.5. The number of amides is 1. The maximum atomic E-state index is 13.1. The first-order valence-corrected chi connectivity index (χ1v) is 12.0. The largest absolute Gasteiger partial charge is 0.332 e. The van der Waals surface area contributed by atoms with Crippen LogP contribution >= 0.6 is 11.6 Å². The Kier molecular flexibility index (Phi) is 6.69. The summed E-state index contributed by atoms with van der Waals surface area (Å²) >= 11 is 5.87. The molecule has 0 saturated carbocycles. The Labute approximate surface area is 173 Å². The van der Waals surface area contributed by atoms with Crippen LogP contribution in [-0.4, -0.2) is 67.8 Å². The quantitative estimate of drug-likeness (QED) is 0.788. The van der Waals surface area contributed by atoms with Crippen LogP contribution in [0.2, 0.25) is 5.02 Å². The van der Waals surface area contributed by atoms with Gasteiger partial charge in [-0.2, -0.15) is 4.31 Å². The molecule has 0 aromatic heterocycles. The van der Waals surface area contributed by atoms with Crippen molar-refractivity contribution in [3.8, 4) is 0 Å². The summed E-state index contributed by atoms with van der Waals surface area (Å²) in [6.45, 7) is 8.35. The van der Waals surface area contributed by atoms with Crippen molar-refractivity contribution in [3.63, 3.8) is 0 Å². The van der Waals surface area contributed by atoms with Gasteiger partial charge < -0.3 is 9.80 Å². The summed E-state index contributed by atoms with van der Waals surface area (Å²) in [6.07, 6.45) is 3.30. The lowest BCUT2D eigenvalue weighted by atomic mass is 9.96. The molecule has 2 fully saturated rings. The van der Waals surface area contributed by atoms with Gasteiger partial charge in [0.2, 0.25) is 10.0 Å². The summed E-state index contributed by atoms with van der Waals surface area (Å²) in [5.41, 5.74) is 0. The highest BCUT2D eigenvalue weighted by atomic mass is 35.5. The third-order valence-corrected chi connectivity index (χ3v) is 8.41. The average molecular weight is 429 g/mol. The monoisotopic (exact) mass is 428 g/mol. The Morgan fingerprint density at radius 3 is 2.18 bits per heavy atom. The molecule has 28 heavy (non-hydrogen) atoms. The van der Waals surface area contributed by atoms with Gasteiger partial charge in [0.25, 0.3) is 5.91 Å². The third kappa shape index (κ3) is 4.37. The van der Waals surface area contributed by atoms with E-state index in [1.165, 1.54) is 10.7 Å². The molecule has 0 spiro atoms. The molecule has 1 aromatic rings. The lowest BCUT2D eigenvalue weighted by molar-refractivity contribution is -0.918. The number of nitrogens with one attached hydrogen (secondary N) is 1. The first-order chi connectivity index (χ1) is 13.2. The second kappa shape index (κ2) is 8.69. The number of carbonyl (C=O) groups is 1. The predicted octanol–water partition coefficient (Wildman–Crippen LogP) is 1.41. The molecule has 0 aliphatic carbocycles. The molecule has 3 atom stereocenters. The molecule has 1 amide bonds. The number of carbonyl (C=O) groups excluding carboxylic acids is 1. The summed E-state index contributed by atoms with van der Waals surface area (Å²) < 4.78 is 27.2. The van der Waals surface area contributed by atoms with Gasteiger partial charge >= 0.3 is 0 Å². The van der Waals surface area contributed by atoms with Crippen LogP contribution < -0.4 is 4.90 Å². The topological polar surface area (TPSA) is 62.1 Å². The minimum absolute atomic E-state index is 0.150. The number of rotatable bonds is 4. The van der Waals surface area contributed by atoms with Gasteiger partial charge in [0.15, 0.2) is 6.04 Å². The van der Waals surface area contributed by atoms with E-state index in [0.29, 0.717) is 31.2 Å². The first-order valence-electron chi connectivity index (χ1n) is 10.1. The van der Waals surface area contributed by atoms with Gasteiger partial charge in [0, 0.05) is 17.1 Å². The summed E-state index contributed by atoms with van der Waals surface area (Å²) in [5.74, 6) is 0.198. The van der Waals surface area contributed by atoms with Gasteiger partial charge in [0.05, 0.1) is 31.1 Å². The lowest BCUT2D eigenvalue weighted by Crippen LogP contribution is -3.19. The van der Waals surface area contributed by atoms with Crippen LogP contribution in [0.5, 0.6) is 0 Å². The van der Waals surface area contributed by atoms with Gasteiger partial charge in [-0.05, 0) is 64.3 Å². The van der Waals surface area contributed by atoms with Crippen molar-refractivity contribution >= 4 is 27.5 Å². The number of piperidine rings is 1. The van der Waals surface area contributed by atoms with Crippen molar-refractivity contribution < 1.29 is 18.1 Å². The first kappa shape index (κ1) is 21.6. The van der Waals surface area contributed by atoms with Gasteiger partial charge in [-0.1, -0.05) is 11.6 Å². The summed E-state index contributed by atoms with van der Waals surface area (Å²) in [7, 11) is -3.52. The molecule has 1 N–H and O–H groups in total. The van der Waals surface area contributed by atoms with E-state index in [2.05, 4.69) is 18.7 Å². The predicted molar refractivity (Wildman–Crippen MR) is 110 cm³/mol. The maximum absolute atomic E-state index is 13.1. The van der Waals surface area contributed by atoms with Crippen molar-refractivity contribution in [2.24, 2.45) is 0 Å². The van der Waals surface area contributed by atoms with Crippen LogP contribution in [0.1, 0.15) is 40.0 Å². The van der Waals surface area contributed by atoms with Gasteiger partial charge in [-0.3, -0.25) is 4.79 Å². The van der Waals surface area contributed by atoms with E-state index in [9.17, 15) is 13.2 Å². The number of hydrogen-bond donors (Lipinski definition) is 1. The molecule has 2 aliphatic rings. The molecule has 0 unspecified atom stereocenters. The van der Waals surface area contributed by atoms with E-state index >= 15 is 0 Å². The van der Waals surface area contributed by atoms with Crippen LogP contribution in [0.4, 0.5) is 0 Å². The van der Waals surface area contributed by atoms with Gasteiger partial charge in [-0.25, -0.2) is 8.42 Å². The molecule has 8 heteroatoms. The number of benzene rings is 1. The number of sulfonamides is 1. The highest BCUT2D eigenvalue weighted by Crippen LogP contribution is 2.23. The summed E-state index contributed by atoms with van der Waals surface area (Å²) in [5, 5.41) is 0.515. The maximum Gasteiger partial charge on any atom is 0.281 e. The molecule has 1 aromatic carbocycles. The van der Waals surface area contributed by atoms with E-state index in [0.717, 1.165) is 17.7 Å². The molecule has 3 rings (SSSR count). The fourth-order valence-electron chi connectivity index (χ4n) is 4.46. The zero-order valence-electron chi connectivity index (χ0n) is 16.9. The van der Waals surface area contributed by atoms with Crippen LogP contribution in [0.15, 0.2) is 29.2 Å². The van der Waals surface area contributed by atoms with Crippen molar-refractivity contribution in [1.82, 2.24) is 9.21 Å². The standard InChI is InChI=1S/C20H30ClN3O3S/c1-15-5-4-6-16(2)24(15)20(25)17(3)22-11-13-23(14-12-22)28(26,27)19-9-7-18(21)8-10-19/h7-10,15-17H,4-6,11-14H2,1-3H3/p+1/t15-,16+,17-/m1/s1. The molecule has 0 radical (unpaired) electrons. The lowest BCUT2D eigenvalue weighted by Gasteiger charge is -2.42. The smallest absolute Gasteiger partial charge is 0.281 e. The van der Waals surface area contributed by atoms with E-state index in [1.54, 1.807) is 24.3 Å². The molecule has 156 valence electrons. The van der Waals surface area contributed by atoms with E-state index < -0.39 is 10.0 Å². The minimum Gasteiger partial charge on any atom is -0.332 e. The number of piperazine rings is 1. The molecule has 2 heterocycles. The number of likely N-dealkylation sites (tertiary alicyclic amines) is 1. The molecule has 0 bridgehead atoms. The van der Waals surface area contributed by atoms with E-state index in [4.69, 9.17) is 11.6 Å². The molecular weight excluding hydrogens is 398 g/mol. The second-order valence-electron chi connectivity index (χ2n) is 8.11. The Hall–Kier alpha value is -1.15. The Morgan fingerprint density at radius 1 is 1.11 bits per heavy atom. The fourth-order valence-corrected chi connectivity index (χ4v) is 6.02. The van der Waals surface area contributed by atoms with Crippen LogP contribution in [0.25, 0.3) is 0 Å². The average Bonchev–Trinajstić information content (AvgIpc) is 2.67. The van der Waals surface area contributed by atoms with E-state index in [-0.39, 0.29) is 28.9 Å². The zero-order valence-corrected chi connectivity index (χ0v) is 18.5. The summed E-state index contributed by atoms with van der Waals surface area (Å²) in [4.78, 5) is 16.6. The number of hydrogen-bond acceptors (Lipinski definition) is 3. The third-order valence-electron chi connectivity index (χ3n) is 6.25. The second-order valence-corrected chi connectivity index (χ2v) is 10.5. The molecule has 6 nitrogen and oxygen atoms in total. The fraction of sp³-hybridized carbons (Fsp3) is 0.650. The highest BCUT2D eigenvalue weighted by Gasteiger charge is 2.39. The molecule has 2 saturated heterocycles. The number of halogens is 1. The van der Waals surface area contributed by atoms with Crippen molar-refractivity contribution in [2.45, 2.75) is 63.1 Å². The van der Waals surface area contributed by atoms with Crippen LogP contribution in [-0.2, 0) is 14.8 Å². The van der Waals surface area contributed by atoms with Crippen LogP contribution in [0.3, 0.4) is 0 Å². The molecule has 2 aliphatic heterocycles. The minimum atomic E-state index is -3.52. The van der Waals surface area contributed by atoms with Crippen LogP contribution in [0, 0.1) is 0 Å². The van der Waals surface area contributed by atoms with Crippen molar-refractivity contribution in [1.29, 1.82) is 0 Å². The summed E-state index contributed by atoms with van der Waals surface area (Å²) in [6, 6.07) is 6.69. The van der Waals surface area contributed by atoms with Gasteiger partial charge in [0.1, 0.15) is 0 Å². The van der Waals surface area contributed by atoms with Crippen molar-refractivity contribution in [3.05, 3.63) is 29.3 Å². The Morgan fingerprint density at radius 2 is 1.64 bits per heavy atom.